The van der Waals surface area contributed by atoms with Gasteiger partial charge in [-0.25, -0.2) is 14.8 Å². The van der Waals surface area contributed by atoms with E-state index in [1.165, 1.54) is 6.07 Å². The zero-order valence-corrected chi connectivity index (χ0v) is 9.28. The minimum atomic E-state index is -1.10. The maximum Gasteiger partial charge on any atom is 0.354 e. The molecule has 0 amide bonds. The molecule has 0 aliphatic carbocycles. The van der Waals surface area contributed by atoms with Crippen molar-refractivity contribution < 1.29 is 14.6 Å². The highest BCUT2D eigenvalue weighted by Gasteiger charge is 2.18. The van der Waals surface area contributed by atoms with E-state index in [4.69, 9.17) is 21.4 Å². The lowest BCUT2D eigenvalue weighted by Crippen LogP contribution is -2.13. The van der Waals surface area contributed by atoms with Crippen LogP contribution < -0.4 is 0 Å². The van der Waals surface area contributed by atoms with Gasteiger partial charge in [0.15, 0.2) is 5.69 Å². The number of aromatic carboxylic acids is 1. The van der Waals surface area contributed by atoms with E-state index in [1.807, 2.05) is 0 Å². The summed E-state index contributed by atoms with van der Waals surface area (Å²) >= 11 is 5.72. The predicted molar refractivity (Wildman–Crippen MR) is 56.7 cm³/mol. The molecule has 0 radical (unpaired) electrons. The Balaban J connectivity index is 2.16. The van der Waals surface area contributed by atoms with Crippen LogP contribution >= 0.6 is 11.6 Å². The monoisotopic (exact) mass is 242 g/mol. The number of rotatable bonds is 3. The highest BCUT2D eigenvalue weighted by atomic mass is 35.5. The summed E-state index contributed by atoms with van der Waals surface area (Å²) in [5.41, 5.74) is -0.0759. The van der Waals surface area contributed by atoms with Gasteiger partial charge in [0.25, 0.3) is 0 Å². The van der Waals surface area contributed by atoms with Crippen LogP contribution in [-0.4, -0.2) is 33.8 Å². The van der Waals surface area contributed by atoms with Gasteiger partial charge in [0.2, 0.25) is 0 Å². The molecule has 1 unspecified atom stereocenters. The molecule has 16 heavy (non-hydrogen) atoms. The smallest absolute Gasteiger partial charge is 0.354 e. The zero-order chi connectivity index (χ0) is 11.5. The van der Waals surface area contributed by atoms with Crippen LogP contribution in [0.2, 0.25) is 5.15 Å². The Bertz CT molecular complexity index is 405. The first-order valence-corrected chi connectivity index (χ1v) is 5.41. The van der Waals surface area contributed by atoms with Gasteiger partial charge in [0, 0.05) is 19.1 Å². The van der Waals surface area contributed by atoms with Gasteiger partial charge in [-0.1, -0.05) is 11.6 Å². The molecular formula is C10H11ClN2O3. The fraction of sp³-hybridized carbons (Fsp3) is 0.500. The Labute approximate surface area is 97.4 Å². The van der Waals surface area contributed by atoms with E-state index < -0.39 is 5.97 Å². The number of carboxylic acids is 1. The number of halogens is 1. The second-order valence-electron chi connectivity index (χ2n) is 3.64. The summed E-state index contributed by atoms with van der Waals surface area (Å²) in [7, 11) is 0. The first-order chi connectivity index (χ1) is 7.65. The molecule has 0 bridgehead atoms. The Morgan fingerprint density at radius 1 is 1.62 bits per heavy atom. The minimum absolute atomic E-state index is 0.0759. The van der Waals surface area contributed by atoms with Crippen molar-refractivity contribution in [3.63, 3.8) is 0 Å². The molecule has 1 atom stereocenters. The molecule has 6 heteroatoms. The fourth-order valence-electron chi connectivity index (χ4n) is 1.67. The van der Waals surface area contributed by atoms with E-state index in [0.717, 1.165) is 19.4 Å². The van der Waals surface area contributed by atoms with E-state index in [1.54, 1.807) is 0 Å². The summed E-state index contributed by atoms with van der Waals surface area (Å²) in [6.45, 7) is 0.747. The topological polar surface area (TPSA) is 72.3 Å². The maximum absolute atomic E-state index is 10.8. The van der Waals surface area contributed by atoms with Gasteiger partial charge in [-0.05, 0) is 12.8 Å². The third-order valence-electron chi connectivity index (χ3n) is 2.39. The summed E-state index contributed by atoms with van der Waals surface area (Å²) in [6, 6.07) is 1.24. The number of hydrogen-bond donors (Lipinski definition) is 1. The summed E-state index contributed by atoms with van der Waals surface area (Å²) in [5, 5.41) is 8.97. The van der Waals surface area contributed by atoms with Gasteiger partial charge >= 0.3 is 5.97 Å². The first kappa shape index (κ1) is 11.3. The van der Waals surface area contributed by atoms with Crippen molar-refractivity contribution in [2.75, 3.05) is 6.61 Å². The van der Waals surface area contributed by atoms with Gasteiger partial charge < -0.3 is 9.84 Å². The molecule has 1 aromatic heterocycles. The number of carboxylic acid groups (broad SMARTS) is 1. The highest BCUT2D eigenvalue weighted by molar-refractivity contribution is 6.29. The van der Waals surface area contributed by atoms with Crippen molar-refractivity contribution in [1.82, 2.24) is 9.97 Å². The number of nitrogens with zero attached hydrogens (tertiary/aromatic N) is 2. The minimum Gasteiger partial charge on any atom is -0.477 e. The molecule has 2 heterocycles. The number of hydrogen-bond acceptors (Lipinski definition) is 4. The molecule has 5 nitrogen and oxygen atoms in total. The molecular weight excluding hydrogens is 232 g/mol. The molecule has 0 spiro atoms. The summed E-state index contributed by atoms with van der Waals surface area (Å²) in [6.07, 6.45) is 2.58. The maximum atomic E-state index is 10.8. The van der Waals surface area contributed by atoms with Gasteiger partial charge in [-0.15, -0.1) is 0 Å². The second kappa shape index (κ2) is 4.76. The lowest BCUT2D eigenvalue weighted by molar-refractivity contribution is 0.0688. The van der Waals surface area contributed by atoms with Crippen LogP contribution in [0.4, 0.5) is 0 Å². The second-order valence-corrected chi connectivity index (χ2v) is 4.02. The Morgan fingerprint density at radius 3 is 3.06 bits per heavy atom. The van der Waals surface area contributed by atoms with E-state index in [2.05, 4.69) is 9.97 Å². The molecule has 1 aromatic rings. The van der Waals surface area contributed by atoms with Crippen LogP contribution in [-0.2, 0) is 11.2 Å². The Morgan fingerprint density at radius 2 is 2.44 bits per heavy atom. The first-order valence-electron chi connectivity index (χ1n) is 5.03. The number of carbonyl (C=O) groups is 1. The Hall–Kier alpha value is -1.20. The van der Waals surface area contributed by atoms with Crippen molar-refractivity contribution in [2.45, 2.75) is 25.4 Å². The molecule has 2 rings (SSSR count). The lowest BCUT2D eigenvalue weighted by atomic mass is 10.2. The largest absolute Gasteiger partial charge is 0.477 e. The van der Waals surface area contributed by atoms with Crippen molar-refractivity contribution >= 4 is 17.6 Å². The van der Waals surface area contributed by atoms with Gasteiger partial charge in [0.05, 0.1) is 6.10 Å². The van der Waals surface area contributed by atoms with Crippen molar-refractivity contribution in [2.24, 2.45) is 0 Å². The quantitative estimate of drug-likeness (QED) is 0.815. The SMILES string of the molecule is O=C(O)c1cc(Cl)nc(CC2CCCO2)n1. The van der Waals surface area contributed by atoms with Crippen LogP contribution in [0.3, 0.4) is 0 Å². The van der Waals surface area contributed by atoms with Gasteiger partial charge in [-0.2, -0.15) is 0 Å². The normalized spacial score (nSPS) is 19.9. The number of aromatic nitrogens is 2. The van der Waals surface area contributed by atoms with Crippen molar-refractivity contribution in [3.8, 4) is 0 Å². The van der Waals surface area contributed by atoms with Crippen LogP contribution in [0.1, 0.15) is 29.2 Å². The van der Waals surface area contributed by atoms with Crippen molar-refractivity contribution in [1.29, 1.82) is 0 Å². The molecule has 0 saturated carbocycles. The summed E-state index contributed by atoms with van der Waals surface area (Å²) in [5.74, 6) is -0.672. The fourth-order valence-corrected chi connectivity index (χ4v) is 1.88. The predicted octanol–water partition coefficient (Wildman–Crippen LogP) is 1.55. The molecule has 1 aliphatic heterocycles. The molecule has 0 aromatic carbocycles. The average molecular weight is 243 g/mol. The van der Waals surface area contributed by atoms with Gasteiger partial charge in [-0.3, -0.25) is 0 Å². The van der Waals surface area contributed by atoms with Crippen LogP contribution in [0.25, 0.3) is 0 Å². The number of ether oxygens (including phenoxy) is 1. The Kier molecular flexibility index (Phi) is 3.36. The van der Waals surface area contributed by atoms with Crippen LogP contribution in [0.5, 0.6) is 0 Å². The van der Waals surface area contributed by atoms with E-state index in [-0.39, 0.29) is 17.0 Å². The molecule has 1 fully saturated rings. The van der Waals surface area contributed by atoms with Crippen LogP contribution in [0, 0.1) is 0 Å². The third kappa shape index (κ3) is 2.68. The van der Waals surface area contributed by atoms with Crippen molar-refractivity contribution in [3.05, 3.63) is 22.7 Å². The van der Waals surface area contributed by atoms with Gasteiger partial charge in [0.1, 0.15) is 11.0 Å². The summed E-state index contributed by atoms with van der Waals surface area (Å²) in [4.78, 5) is 18.7. The standard InChI is InChI=1S/C10H11ClN2O3/c11-8-5-7(10(14)15)12-9(13-8)4-6-2-1-3-16-6/h5-6H,1-4H2,(H,14,15). The zero-order valence-electron chi connectivity index (χ0n) is 8.52. The molecule has 86 valence electrons. The molecule has 1 N–H and O–H groups in total. The average Bonchev–Trinajstić information content (AvgIpc) is 2.69. The molecule has 1 aliphatic rings. The van der Waals surface area contributed by atoms with E-state index >= 15 is 0 Å². The van der Waals surface area contributed by atoms with Crippen LogP contribution in [0.15, 0.2) is 6.07 Å². The van der Waals surface area contributed by atoms with E-state index in [0.29, 0.717) is 12.2 Å². The highest BCUT2D eigenvalue weighted by Crippen LogP contribution is 2.16. The third-order valence-corrected chi connectivity index (χ3v) is 2.59. The summed E-state index contributed by atoms with van der Waals surface area (Å²) < 4.78 is 5.43. The molecule has 1 saturated heterocycles. The lowest BCUT2D eigenvalue weighted by Gasteiger charge is -2.08. The van der Waals surface area contributed by atoms with E-state index in [9.17, 15) is 4.79 Å².